The van der Waals surface area contributed by atoms with Crippen molar-refractivity contribution in [3.05, 3.63) is 28.3 Å². The second-order valence-corrected chi connectivity index (χ2v) is 3.09. The van der Waals surface area contributed by atoms with Crippen molar-refractivity contribution < 1.29 is 19.0 Å². The first-order valence-corrected chi connectivity index (χ1v) is 4.55. The second-order valence-electron chi connectivity index (χ2n) is 3.09. The molecule has 0 spiro atoms. The minimum Gasteiger partial charge on any atom is -0.484 e. The highest BCUT2D eigenvalue weighted by atomic mass is 16.5. The summed E-state index contributed by atoms with van der Waals surface area (Å²) in [5.41, 5.74) is -0.311. The van der Waals surface area contributed by atoms with Crippen LogP contribution >= 0.6 is 0 Å². The lowest BCUT2D eigenvalue weighted by Gasteiger charge is -2.10. The molecule has 1 aromatic heterocycles. The molecule has 1 heterocycles. The van der Waals surface area contributed by atoms with Crippen LogP contribution in [0.1, 0.15) is 12.7 Å². The van der Waals surface area contributed by atoms with E-state index in [4.69, 9.17) is 19.0 Å². The van der Waals surface area contributed by atoms with Gasteiger partial charge in [0.15, 0.2) is 0 Å². The van der Waals surface area contributed by atoms with Gasteiger partial charge in [-0.05, 0) is 6.92 Å². The van der Waals surface area contributed by atoms with Crippen LogP contribution in [0.2, 0.25) is 0 Å². The van der Waals surface area contributed by atoms with Crippen molar-refractivity contribution in [1.29, 1.82) is 0 Å². The summed E-state index contributed by atoms with van der Waals surface area (Å²) in [5.74, 6) is 0.336. The summed E-state index contributed by atoms with van der Waals surface area (Å²) in [7, 11) is 1.56. The third-order valence-electron chi connectivity index (χ3n) is 1.88. The lowest BCUT2D eigenvalue weighted by atomic mass is 10.4. The molecule has 1 atom stereocenters. The minimum atomic E-state index is -0.311. The van der Waals surface area contributed by atoms with Crippen LogP contribution in [0, 0.1) is 0 Å². The van der Waals surface area contributed by atoms with Gasteiger partial charge in [0, 0.05) is 13.2 Å². The van der Waals surface area contributed by atoms with E-state index in [0.717, 1.165) is 0 Å². The maximum absolute atomic E-state index is 11.4. The van der Waals surface area contributed by atoms with Crippen LogP contribution in [0.4, 0.5) is 0 Å². The first-order valence-electron chi connectivity index (χ1n) is 4.55. The van der Waals surface area contributed by atoms with E-state index in [1.807, 2.05) is 6.92 Å². The molecule has 1 unspecified atom stereocenters. The molecular formula is C10H14O5. The SMILES string of the molecule is COC(C)COc1coc(CO)cc1=O. The van der Waals surface area contributed by atoms with Gasteiger partial charge in [0.1, 0.15) is 25.2 Å². The molecule has 5 heteroatoms. The van der Waals surface area contributed by atoms with E-state index in [2.05, 4.69) is 0 Å². The third kappa shape index (κ3) is 3.38. The number of aliphatic hydroxyl groups is 1. The summed E-state index contributed by atoms with van der Waals surface area (Å²) >= 11 is 0. The number of methoxy groups -OCH3 is 1. The van der Waals surface area contributed by atoms with E-state index < -0.39 is 0 Å². The van der Waals surface area contributed by atoms with Gasteiger partial charge in [0.25, 0.3) is 0 Å². The smallest absolute Gasteiger partial charge is 0.227 e. The van der Waals surface area contributed by atoms with Gasteiger partial charge in [-0.1, -0.05) is 0 Å². The van der Waals surface area contributed by atoms with Crippen LogP contribution in [0.15, 0.2) is 21.5 Å². The zero-order valence-electron chi connectivity index (χ0n) is 8.73. The van der Waals surface area contributed by atoms with Gasteiger partial charge in [-0.3, -0.25) is 4.79 Å². The summed E-state index contributed by atoms with van der Waals surface area (Å²) in [4.78, 5) is 11.4. The zero-order valence-corrected chi connectivity index (χ0v) is 8.73. The van der Waals surface area contributed by atoms with Crippen molar-refractivity contribution in [2.24, 2.45) is 0 Å². The number of aliphatic hydroxyl groups excluding tert-OH is 1. The molecular weight excluding hydrogens is 200 g/mol. The van der Waals surface area contributed by atoms with Gasteiger partial charge < -0.3 is 19.0 Å². The fourth-order valence-electron chi connectivity index (χ4n) is 0.902. The van der Waals surface area contributed by atoms with Gasteiger partial charge in [0.05, 0.1) is 6.10 Å². The zero-order chi connectivity index (χ0) is 11.3. The van der Waals surface area contributed by atoms with Crippen LogP contribution in [0.25, 0.3) is 0 Å². The molecule has 1 N–H and O–H groups in total. The number of ether oxygens (including phenoxy) is 2. The molecule has 0 saturated carbocycles. The highest BCUT2D eigenvalue weighted by molar-refractivity contribution is 5.17. The van der Waals surface area contributed by atoms with Gasteiger partial charge in [0.2, 0.25) is 11.2 Å². The molecule has 5 nitrogen and oxygen atoms in total. The number of hydrogen-bond acceptors (Lipinski definition) is 5. The Morgan fingerprint density at radius 3 is 2.87 bits per heavy atom. The Kier molecular flexibility index (Phi) is 4.33. The molecule has 0 aromatic carbocycles. The third-order valence-corrected chi connectivity index (χ3v) is 1.88. The van der Waals surface area contributed by atoms with Gasteiger partial charge in [-0.15, -0.1) is 0 Å². The molecule has 0 aliphatic rings. The van der Waals surface area contributed by atoms with E-state index in [1.165, 1.54) is 12.3 Å². The normalized spacial score (nSPS) is 12.5. The Morgan fingerprint density at radius 1 is 1.60 bits per heavy atom. The Hall–Kier alpha value is -1.33. The molecule has 0 saturated heterocycles. The molecule has 0 fully saturated rings. The Balaban J connectivity index is 2.66. The lowest BCUT2D eigenvalue weighted by molar-refractivity contribution is 0.0702. The van der Waals surface area contributed by atoms with Crippen LogP contribution in [-0.4, -0.2) is 24.9 Å². The average Bonchev–Trinajstić information content (AvgIpc) is 2.26. The van der Waals surface area contributed by atoms with Crippen molar-refractivity contribution in [3.8, 4) is 5.75 Å². The molecule has 0 radical (unpaired) electrons. The summed E-state index contributed by atoms with van der Waals surface area (Å²) in [6.07, 6.45) is 1.10. The van der Waals surface area contributed by atoms with Crippen LogP contribution in [0.5, 0.6) is 5.75 Å². The largest absolute Gasteiger partial charge is 0.484 e. The van der Waals surface area contributed by atoms with Gasteiger partial charge in [-0.2, -0.15) is 0 Å². The summed E-state index contributed by atoms with van der Waals surface area (Å²) < 4.78 is 15.1. The van der Waals surface area contributed by atoms with Crippen LogP contribution in [0.3, 0.4) is 0 Å². The maximum atomic E-state index is 11.4. The standard InChI is InChI=1S/C10H14O5/c1-7(13-2)5-15-10-6-14-8(4-11)3-9(10)12/h3,6-7,11H,4-5H2,1-2H3. The fourth-order valence-corrected chi connectivity index (χ4v) is 0.902. The predicted octanol–water partition coefficient (Wildman–Crippen LogP) is 0.546. The fraction of sp³-hybridized carbons (Fsp3) is 0.500. The van der Waals surface area contributed by atoms with Crippen molar-refractivity contribution in [1.82, 2.24) is 0 Å². The molecule has 0 aliphatic heterocycles. The van der Waals surface area contributed by atoms with E-state index in [-0.39, 0.29) is 36.3 Å². The molecule has 1 aromatic rings. The molecule has 15 heavy (non-hydrogen) atoms. The van der Waals surface area contributed by atoms with Crippen molar-refractivity contribution in [3.63, 3.8) is 0 Å². The second kappa shape index (κ2) is 5.53. The quantitative estimate of drug-likeness (QED) is 0.775. The molecule has 0 bridgehead atoms. The van der Waals surface area contributed by atoms with E-state index >= 15 is 0 Å². The predicted molar refractivity (Wildman–Crippen MR) is 52.9 cm³/mol. The van der Waals surface area contributed by atoms with E-state index in [9.17, 15) is 4.79 Å². The van der Waals surface area contributed by atoms with Gasteiger partial charge in [-0.25, -0.2) is 0 Å². The highest BCUT2D eigenvalue weighted by Crippen LogP contribution is 2.06. The maximum Gasteiger partial charge on any atom is 0.227 e. The summed E-state index contributed by atoms with van der Waals surface area (Å²) in [6.45, 7) is 1.80. The first-order chi connectivity index (χ1) is 7.17. The minimum absolute atomic E-state index is 0.0954. The molecule has 84 valence electrons. The number of hydrogen-bond donors (Lipinski definition) is 1. The monoisotopic (exact) mass is 214 g/mol. The highest BCUT2D eigenvalue weighted by Gasteiger charge is 2.06. The van der Waals surface area contributed by atoms with Crippen molar-refractivity contribution in [2.45, 2.75) is 19.6 Å². The van der Waals surface area contributed by atoms with E-state index in [0.29, 0.717) is 0 Å². The summed E-state index contributed by atoms with van der Waals surface area (Å²) in [5, 5.41) is 8.72. The van der Waals surface area contributed by atoms with Crippen molar-refractivity contribution >= 4 is 0 Å². The van der Waals surface area contributed by atoms with Crippen LogP contribution in [-0.2, 0) is 11.3 Å². The van der Waals surface area contributed by atoms with Crippen molar-refractivity contribution in [2.75, 3.05) is 13.7 Å². The average molecular weight is 214 g/mol. The molecule has 0 aliphatic carbocycles. The Labute approximate surface area is 87.2 Å². The molecule has 1 rings (SSSR count). The van der Waals surface area contributed by atoms with Gasteiger partial charge >= 0.3 is 0 Å². The Bertz CT molecular complexity index is 357. The van der Waals surface area contributed by atoms with E-state index in [1.54, 1.807) is 7.11 Å². The lowest BCUT2D eigenvalue weighted by Crippen LogP contribution is -2.19. The summed E-state index contributed by atoms with van der Waals surface area (Å²) in [6, 6.07) is 1.20. The topological polar surface area (TPSA) is 68.9 Å². The number of rotatable bonds is 5. The van der Waals surface area contributed by atoms with Crippen LogP contribution < -0.4 is 10.2 Å². The first kappa shape index (κ1) is 11.7. The molecule has 0 amide bonds. The Morgan fingerprint density at radius 2 is 2.33 bits per heavy atom.